The van der Waals surface area contributed by atoms with E-state index in [0.717, 1.165) is 30.0 Å². The molecule has 1 aromatic carbocycles. The topological polar surface area (TPSA) is 83.6 Å². The van der Waals surface area contributed by atoms with Gasteiger partial charge in [0.05, 0.1) is 13.2 Å². The molecule has 1 aromatic heterocycles. The van der Waals surface area contributed by atoms with Crippen molar-refractivity contribution in [1.29, 1.82) is 0 Å². The third-order valence-corrected chi connectivity index (χ3v) is 5.33. The Balaban J connectivity index is 1.58. The van der Waals surface area contributed by atoms with Gasteiger partial charge in [0, 0.05) is 31.4 Å². The van der Waals surface area contributed by atoms with Crippen LogP contribution >= 0.6 is 0 Å². The standard InChI is InChI=1S/C24H32N4O3/c1-17(2)14-21(27-23(29)20-7-5-4-6-18(20)3)24(30)26-16-19-8-9-22(25-15-19)28-10-12-31-13-11-28/h4-9,15,17,21H,10-14,16H2,1-3H3,(H,26,30)(H,27,29). The lowest BCUT2D eigenvalue weighted by Crippen LogP contribution is -2.47. The van der Waals surface area contributed by atoms with Gasteiger partial charge in [-0.2, -0.15) is 0 Å². The number of ether oxygens (including phenoxy) is 1. The smallest absolute Gasteiger partial charge is 0.252 e. The summed E-state index contributed by atoms with van der Waals surface area (Å²) in [6.07, 6.45) is 2.35. The minimum atomic E-state index is -0.590. The lowest BCUT2D eigenvalue weighted by molar-refractivity contribution is -0.123. The van der Waals surface area contributed by atoms with Crippen molar-refractivity contribution >= 4 is 17.6 Å². The summed E-state index contributed by atoms with van der Waals surface area (Å²) in [5.41, 5.74) is 2.39. The van der Waals surface area contributed by atoms with E-state index in [1.165, 1.54) is 0 Å². The Morgan fingerprint density at radius 2 is 1.87 bits per heavy atom. The zero-order valence-corrected chi connectivity index (χ0v) is 18.6. The number of nitrogens with zero attached hydrogens (tertiary/aromatic N) is 2. The number of anilines is 1. The molecule has 166 valence electrons. The van der Waals surface area contributed by atoms with Gasteiger partial charge >= 0.3 is 0 Å². The quantitative estimate of drug-likeness (QED) is 0.681. The predicted octanol–water partition coefficient (Wildman–Crippen LogP) is 2.69. The highest BCUT2D eigenvalue weighted by Crippen LogP contribution is 2.14. The van der Waals surface area contributed by atoms with Crippen LogP contribution in [0.4, 0.5) is 5.82 Å². The lowest BCUT2D eigenvalue weighted by atomic mass is 10.0. The van der Waals surface area contributed by atoms with Crippen LogP contribution in [0.2, 0.25) is 0 Å². The highest BCUT2D eigenvalue weighted by molar-refractivity contribution is 5.98. The second-order valence-electron chi connectivity index (χ2n) is 8.31. The molecule has 7 heteroatoms. The summed E-state index contributed by atoms with van der Waals surface area (Å²) in [4.78, 5) is 32.3. The van der Waals surface area contributed by atoms with Gasteiger partial charge in [-0.25, -0.2) is 4.98 Å². The van der Waals surface area contributed by atoms with Gasteiger partial charge in [0.15, 0.2) is 0 Å². The van der Waals surface area contributed by atoms with Crippen LogP contribution in [-0.4, -0.2) is 49.1 Å². The molecule has 2 amide bonds. The summed E-state index contributed by atoms with van der Waals surface area (Å²) >= 11 is 0. The summed E-state index contributed by atoms with van der Waals surface area (Å²) in [6, 6.07) is 10.7. The fourth-order valence-corrected chi connectivity index (χ4v) is 3.58. The van der Waals surface area contributed by atoms with Gasteiger partial charge in [-0.15, -0.1) is 0 Å². The number of nitrogens with one attached hydrogen (secondary N) is 2. The van der Waals surface area contributed by atoms with E-state index in [4.69, 9.17) is 4.74 Å². The number of amides is 2. The Bertz CT molecular complexity index is 877. The molecule has 3 rings (SSSR count). The van der Waals surface area contributed by atoms with Crippen LogP contribution in [0.1, 0.15) is 41.8 Å². The third kappa shape index (κ3) is 6.52. The zero-order chi connectivity index (χ0) is 22.2. The van der Waals surface area contributed by atoms with Crippen LogP contribution in [0.25, 0.3) is 0 Å². The van der Waals surface area contributed by atoms with Gasteiger partial charge in [0.25, 0.3) is 5.91 Å². The van der Waals surface area contributed by atoms with E-state index >= 15 is 0 Å². The van der Waals surface area contributed by atoms with Crippen molar-refractivity contribution in [3.63, 3.8) is 0 Å². The summed E-state index contributed by atoms with van der Waals surface area (Å²) in [6.45, 7) is 9.42. The van der Waals surface area contributed by atoms with E-state index < -0.39 is 6.04 Å². The van der Waals surface area contributed by atoms with Gasteiger partial charge in [0.2, 0.25) is 5.91 Å². The summed E-state index contributed by atoms with van der Waals surface area (Å²) in [5.74, 6) is 0.771. The number of morpholine rings is 1. The van der Waals surface area contributed by atoms with Crippen molar-refractivity contribution in [3.8, 4) is 0 Å². The Morgan fingerprint density at radius 1 is 1.13 bits per heavy atom. The molecule has 0 bridgehead atoms. The number of hydrogen-bond acceptors (Lipinski definition) is 5. The number of aryl methyl sites for hydroxylation is 1. The number of carbonyl (C=O) groups excluding carboxylic acids is 2. The molecule has 1 aliphatic heterocycles. The van der Waals surface area contributed by atoms with E-state index in [9.17, 15) is 9.59 Å². The maximum absolute atomic E-state index is 12.8. The molecule has 1 unspecified atom stereocenters. The average molecular weight is 425 g/mol. The monoisotopic (exact) mass is 424 g/mol. The van der Waals surface area contributed by atoms with Gasteiger partial charge in [-0.05, 0) is 42.5 Å². The number of rotatable bonds is 8. The van der Waals surface area contributed by atoms with Crippen molar-refractivity contribution in [2.45, 2.75) is 39.8 Å². The third-order valence-electron chi connectivity index (χ3n) is 5.33. The first-order valence-corrected chi connectivity index (χ1v) is 10.9. The molecule has 0 spiro atoms. The van der Waals surface area contributed by atoms with E-state index in [0.29, 0.717) is 31.7 Å². The number of carbonyl (C=O) groups is 2. The molecule has 1 fully saturated rings. The van der Waals surface area contributed by atoms with Crippen LogP contribution in [0, 0.1) is 12.8 Å². The number of aromatic nitrogens is 1. The largest absolute Gasteiger partial charge is 0.378 e. The number of benzene rings is 1. The van der Waals surface area contributed by atoms with Crippen LogP contribution in [0.15, 0.2) is 42.6 Å². The molecular weight excluding hydrogens is 392 g/mol. The Hall–Kier alpha value is -2.93. The van der Waals surface area contributed by atoms with Gasteiger partial charge in [-0.1, -0.05) is 38.1 Å². The Labute approximate surface area is 184 Å². The summed E-state index contributed by atoms with van der Waals surface area (Å²) in [5, 5.41) is 5.86. The predicted molar refractivity (Wildman–Crippen MR) is 121 cm³/mol. The summed E-state index contributed by atoms with van der Waals surface area (Å²) in [7, 11) is 0. The first kappa shape index (κ1) is 22.7. The van der Waals surface area contributed by atoms with Crippen LogP contribution in [0.5, 0.6) is 0 Å². The average Bonchev–Trinajstić information content (AvgIpc) is 2.78. The van der Waals surface area contributed by atoms with E-state index in [1.807, 2.05) is 51.1 Å². The van der Waals surface area contributed by atoms with Crippen LogP contribution in [-0.2, 0) is 16.1 Å². The maximum Gasteiger partial charge on any atom is 0.252 e. The molecule has 2 aromatic rings. The molecule has 1 atom stereocenters. The fraction of sp³-hybridized carbons (Fsp3) is 0.458. The Morgan fingerprint density at radius 3 is 2.52 bits per heavy atom. The van der Waals surface area contributed by atoms with Crippen LogP contribution < -0.4 is 15.5 Å². The fourth-order valence-electron chi connectivity index (χ4n) is 3.58. The van der Waals surface area contributed by atoms with Crippen molar-refractivity contribution in [2.24, 2.45) is 5.92 Å². The first-order chi connectivity index (χ1) is 14.9. The molecule has 31 heavy (non-hydrogen) atoms. The minimum Gasteiger partial charge on any atom is -0.378 e. The molecule has 1 saturated heterocycles. The Kier molecular flexibility index (Phi) is 8.00. The molecular formula is C24H32N4O3. The van der Waals surface area contributed by atoms with Crippen molar-refractivity contribution < 1.29 is 14.3 Å². The molecule has 1 aliphatic rings. The van der Waals surface area contributed by atoms with Gasteiger partial charge < -0.3 is 20.3 Å². The minimum absolute atomic E-state index is 0.187. The molecule has 2 heterocycles. The molecule has 0 aliphatic carbocycles. The SMILES string of the molecule is Cc1ccccc1C(=O)NC(CC(C)C)C(=O)NCc1ccc(N2CCOCC2)nc1. The second kappa shape index (κ2) is 10.9. The van der Waals surface area contributed by atoms with E-state index in [2.05, 4.69) is 20.5 Å². The molecule has 2 N–H and O–H groups in total. The summed E-state index contributed by atoms with van der Waals surface area (Å²) < 4.78 is 5.37. The number of pyridine rings is 1. The molecule has 7 nitrogen and oxygen atoms in total. The first-order valence-electron chi connectivity index (χ1n) is 10.9. The van der Waals surface area contributed by atoms with Crippen molar-refractivity contribution in [1.82, 2.24) is 15.6 Å². The lowest BCUT2D eigenvalue weighted by Gasteiger charge is -2.27. The highest BCUT2D eigenvalue weighted by Gasteiger charge is 2.23. The molecule has 0 saturated carbocycles. The molecule has 0 radical (unpaired) electrons. The van der Waals surface area contributed by atoms with Crippen LogP contribution in [0.3, 0.4) is 0 Å². The van der Waals surface area contributed by atoms with Crippen molar-refractivity contribution in [3.05, 3.63) is 59.3 Å². The van der Waals surface area contributed by atoms with Crippen molar-refractivity contribution in [2.75, 3.05) is 31.2 Å². The van der Waals surface area contributed by atoms with Gasteiger partial charge in [-0.3, -0.25) is 9.59 Å². The number of hydrogen-bond donors (Lipinski definition) is 2. The highest BCUT2D eigenvalue weighted by atomic mass is 16.5. The maximum atomic E-state index is 12.8. The second-order valence-corrected chi connectivity index (χ2v) is 8.31. The van der Waals surface area contributed by atoms with Gasteiger partial charge in [0.1, 0.15) is 11.9 Å². The van der Waals surface area contributed by atoms with E-state index in [1.54, 1.807) is 12.3 Å². The normalized spacial score (nSPS) is 14.9. The zero-order valence-electron chi connectivity index (χ0n) is 18.6. The van der Waals surface area contributed by atoms with E-state index in [-0.39, 0.29) is 17.7 Å².